The van der Waals surface area contributed by atoms with Crippen molar-refractivity contribution in [2.45, 2.75) is 39.8 Å². The van der Waals surface area contributed by atoms with Gasteiger partial charge in [-0.15, -0.1) is 0 Å². The van der Waals surface area contributed by atoms with Crippen molar-refractivity contribution in [1.29, 1.82) is 0 Å². The van der Waals surface area contributed by atoms with Crippen LogP contribution in [0.1, 0.15) is 44.9 Å². The van der Waals surface area contributed by atoms with Gasteiger partial charge in [-0.1, -0.05) is 41.7 Å². The molecule has 3 aromatic rings. The van der Waals surface area contributed by atoms with Crippen molar-refractivity contribution in [3.8, 4) is 17.2 Å². The number of aromatic hydroxyl groups is 1. The number of carbonyl (C=O) groups excluding carboxylic acids is 1. The number of para-hydroxylation sites is 2. The largest absolute Gasteiger partial charge is 0.504 e. The van der Waals surface area contributed by atoms with E-state index in [2.05, 4.69) is 4.99 Å². The minimum Gasteiger partial charge on any atom is -0.504 e. The fourth-order valence-corrected chi connectivity index (χ4v) is 5.15. The monoisotopic (exact) mass is 508 g/mol. The Bertz CT molecular complexity index is 1520. The third kappa shape index (κ3) is 4.66. The van der Waals surface area contributed by atoms with Gasteiger partial charge in [0.15, 0.2) is 16.3 Å². The smallest absolute Gasteiger partial charge is 0.338 e. The van der Waals surface area contributed by atoms with Gasteiger partial charge in [0, 0.05) is 11.1 Å². The predicted octanol–water partition coefficient (Wildman–Crippen LogP) is 3.30. The molecule has 188 valence electrons. The van der Waals surface area contributed by atoms with Crippen LogP contribution in [0.5, 0.6) is 17.2 Å². The number of esters is 1. The lowest BCUT2D eigenvalue weighted by atomic mass is 9.95. The molecule has 4 rings (SSSR count). The quantitative estimate of drug-likeness (QED) is 0.492. The van der Waals surface area contributed by atoms with Crippen LogP contribution in [0.2, 0.25) is 0 Å². The Morgan fingerprint density at radius 3 is 2.61 bits per heavy atom. The Labute approximate surface area is 212 Å². The van der Waals surface area contributed by atoms with E-state index in [0.29, 0.717) is 37.7 Å². The van der Waals surface area contributed by atoms with Crippen molar-refractivity contribution in [1.82, 2.24) is 4.57 Å². The van der Waals surface area contributed by atoms with Crippen molar-refractivity contribution >= 4 is 23.4 Å². The van der Waals surface area contributed by atoms with E-state index in [1.54, 1.807) is 38.1 Å². The van der Waals surface area contributed by atoms with Crippen LogP contribution < -0.4 is 24.4 Å². The topological polar surface area (TPSA) is 99.4 Å². The molecule has 0 aliphatic carbocycles. The minimum absolute atomic E-state index is 0.0681. The number of aromatic nitrogens is 1. The third-order valence-electron chi connectivity index (χ3n) is 5.63. The van der Waals surface area contributed by atoms with Gasteiger partial charge in [-0.2, -0.15) is 0 Å². The Morgan fingerprint density at radius 2 is 1.92 bits per heavy atom. The molecule has 0 radical (unpaired) electrons. The number of rotatable bonds is 7. The summed E-state index contributed by atoms with van der Waals surface area (Å²) in [4.78, 5) is 31.9. The lowest BCUT2D eigenvalue weighted by Gasteiger charge is -2.26. The second-order valence-electron chi connectivity index (χ2n) is 8.40. The fourth-order valence-electron chi connectivity index (χ4n) is 4.12. The zero-order valence-corrected chi connectivity index (χ0v) is 21.6. The number of methoxy groups -OCH3 is 1. The molecular formula is C27H28N2O6S. The lowest BCUT2D eigenvalue weighted by Crippen LogP contribution is -2.40. The maximum absolute atomic E-state index is 13.8. The molecule has 1 aliphatic heterocycles. The number of benzene rings is 2. The number of nitrogens with zero attached hydrogens (tertiary/aromatic N) is 2. The Kier molecular flexibility index (Phi) is 7.30. The fraction of sp³-hybridized carbons (Fsp3) is 0.296. The van der Waals surface area contributed by atoms with Crippen LogP contribution in [0.25, 0.3) is 6.08 Å². The van der Waals surface area contributed by atoms with Crippen molar-refractivity contribution in [3.05, 3.63) is 84.5 Å². The standard InChI is InChI=1S/C27H28N2O6S/c1-6-34-26(32)22-16(4)28-27-29(23(22)18-11-7-8-12-19(18)35-15(2)3)25(31)21(36-27)14-17-10-9-13-20(33-5)24(17)30/h7-15,23,30H,6H2,1-5H3/b21-14-/t23-/m0/s1. The number of allylic oxidation sites excluding steroid dienone is 1. The lowest BCUT2D eigenvalue weighted by molar-refractivity contribution is -0.139. The van der Waals surface area contributed by atoms with E-state index in [-0.39, 0.29) is 29.6 Å². The highest BCUT2D eigenvalue weighted by atomic mass is 32.1. The SMILES string of the molecule is CCOC(=O)C1=C(C)N=c2s/c(=C\c3cccc(OC)c3O)c(=O)n2[C@H]1c1ccccc1OC(C)C. The number of ether oxygens (including phenoxy) is 3. The molecule has 1 aromatic heterocycles. The van der Waals surface area contributed by atoms with Crippen molar-refractivity contribution < 1.29 is 24.1 Å². The van der Waals surface area contributed by atoms with Gasteiger partial charge in [0.05, 0.1) is 35.6 Å². The summed E-state index contributed by atoms with van der Waals surface area (Å²) < 4.78 is 18.4. The zero-order chi connectivity index (χ0) is 26.0. The molecule has 8 nitrogen and oxygen atoms in total. The molecule has 2 aromatic carbocycles. The van der Waals surface area contributed by atoms with Gasteiger partial charge < -0.3 is 19.3 Å². The van der Waals surface area contributed by atoms with Gasteiger partial charge in [0.25, 0.3) is 5.56 Å². The van der Waals surface area contributed by atoms with Gasteiger partial charge in [-0.3, -0.25) is 9.36 Å². The van der Waals surface area contributed by atoms with Crippen molar-refractivity contribution in [3.63, 3.8) is 0 Å². The van der Waals surface area contributed by atoms with Crippen LogP contribution in [0.3, 0.4) is 0 Å². The molecule has 0 saturated heterocycles. The maximum Gasteiger partial charge on any atom is 0.338 e. The van der Waals surface area contributed by atoms with E-state index in [9.17, 15) is 14.7 Å². The number of hydrogen-bond acceptors (Lipinski definition) is 8. The van der Waals surface area contributed by atoms with Gasteiger partial charge in [0.1, 0.15) is 11.8 Å². The summed E-state index contributed by atoms with van der Waals surface area (Å²) >= 11 is 1.18. The molecule has 1 atom stereocenters. The van der Waals surface area contributed by atoms with Gasteiger partial charge >= 0.3 is 5.97 Å². The number of thiazole rings is 1. The molecule has 1 aliphatic rings. The van der Waals surface area contributed by atoms with Crippen LogP contribution >= 0.6 is 11.3 Å². The highest BCUT2D eigenvalue weighted by Gasteiger charge is 2.35. The first-order valence-electron chi connectivity index (χ1n) is 11.6. The highest BCUT2D eigenvalue weighted by Crippen LogP contribution is 2.36. The summed E-state index contributed by atoms with van der Waals surface area (Å²) in [6, 6.07) is 11.6. The molecule has 0 spiro atoms. The van der Waals surface area contributed by atoms with Gasteiger partial charge in [-0.25, -0.2) is 9.79 Å². The Balaban J connectivity index is 1.99. The predicted molar refractivity (Wildman–Crippen MR) is 137 cm³/mol. The van der Waals surface area contributed by atoms with Crippen LogP contribution in [-0.4, -0.2) is 35.5 Å². The van der Waals surface area contributed by atoms with E-state index in [0.717, 1.165) is 0 Å². The number of hydrogen-bond donors (Lipinski definition) is 1. The number of carbonyl (C=O) groups is 1. The van der Waals surface area contributed by atoms with Crippen molar-refractivity contribution in [2.24, 2.45) is 4.99 Å². The van der Waals surface area contributed by atoms with Crippen LogP contribution in [0.15, 0.2) is 63.5 Å². The normalized spacial score (nSPS) is 15.5. The maximum atomic E-state index is 13.8. The average Bonchev–Trinajstić information content (AvgIpc) is 3.14. The third-order valence-corrected chi connectivity index (χ3v) is 6.61. The molecule has 9 heteroatoms. The van der Waals surface area contributed by atoms with Gasteiger partial charge in [0.2, 0.25) is 0 Å². The Hall–Kier alpha value is -3.85. The summed E-state index contributed by atoms with van der Waals surface area (Å²) in [5.74, 6) is 0.257. The first-order chi connectivity index (χ1) is 17.3. The molecule has 0 bridgehead atoms. The Morgan fingerprint density at radius 1 is 1.19 bits per heavy atom. The summed E-state index contributed by atoms with van der Waals surface area (Å²) in [5.41, 5.74) is 1.48. The van der Waals surface area contributed by atoms with E-state index in [1.807, 2.05) is 38.1 Å². The van der Waals surface area contributed by atoms with E-state index >= 15 is 0 Å². The zero-order valence-electron chi connectivity index (χ0n) is 20.8. The molecule has 2 heterocycles. The number of phenols is 1. The van der Waals surface area contributed by atoms with Crippen LogP contribution in [0.4, 0.5) is 0 Å². The molecule has 0 amide bonds. The van der Waals surface area contributed by atoms with E-state index in [1.165, 1.54) is 23.0 Å². The summed E-state index contributed by atoms with van der Waals surface area (Å²) in [6.45, 7) is 7.48. The molecular weight excluding hydrogens is 480 g/mol. The first-order valence-corrected chi connectivity index (χ1v) is 12.4. The molecule has 0 saturated carbocycles. The summed E-state index contributed by atoms with van der Waals surface area (Å²) in [6.07, 6.45) is 1.48. The average molecular weight is 509 g/mol. The first kappa shape index (κ1) is 25.2. The second kappa shape index (κ2) is 10.4. The summed E-state index contributed by atoms with van der Waals surface area (Å²) in [5, 5.41) is 10.5. The highest BCUT2D eigenvalue weighted by molar-refractivity contribution is 7.07. The molecule has 0 unspecified atom stereocenters. The molecule has 36 heavy (non-hydrogen) atoms. The van der Waals surface area contributed by atoms with Gasteiger partial charge in [-0.05, 0) is 45.9 Å². The molecule has 0 fully saturated rings. The summed E-state index contributed by atoms with van der Waals surface area (Å²) in [7, 11) is 1.46. The second-order valence-corrected chi connectivity index (χ2v) is 9.41. The van der Waals surface area contributed by atoms with Crippen molar-refractivity contribution in [2.75, 3.05) is 13.7 Å². The minimum atomic E-state index is -0.795. The van der Waals surface area contributed by atoms with E-state index < -0.39 is 12.0 Å². The van der Waals surface area contributed by atoms with E-state index in [4.69, 9.17) is 14.2 Å². The van der Waals surface area contributed by atoms with Crippen LogP contribution in [0, 0.1) is 0 Å². The number of phenolic OH excluding ortho intramolecular Hbond substituents is 1. The number of fused-ring (bicyclic) bond motifs is 1. The van der Waals surface area contributed by atoms with Crippen LogP contribution in [-0.2, 0) is 9.53 Å². The molecule has 1 N–H and O–H groups in total.